The molecule has 2 heterocycles. The highest BCUT2D eigenvalue weighted by atomic mass is 32.1. The third-order valence-electron chi connectivity index (χ3n) is 4.81. The van der Waals surface area contributed by atoms with Gasteiger partial charge in [0, 0.05) is 23.2 Å². The van der Waals surface area contributed by atoms with Crippen molar-refractivity contribution in [2.24, 2.45) is 0 Å². The summed E-state index contributed by atoms with van der Waals surface area (Å²) in [6.07, 6.45) is 2.59. The fourth-order valence-electron chi connectivity index (χ4n) is 3.35. The first-order valence-electron chi connectivity index (χ1n) is 8.63. The monoisotopic (exact) mass is 361 g/mol. The Morgan fingerprint density at radius 3 is 3.00 bits per heavy atom. The molecule has 2 aromatic rings. The van der Waals surface area contributed by atoms with Gasteiger partial charge in [-0.2, -0.15) is 0 Å². The molecule has 1 aliphatic rings. The van der Waals surface area contributed by atoms with E-state index in [4.69, 9.17) is 0 Å². The SMILES string of the molecule is Cc1ncsc1CCN(C)CC(=O)N1c2ccc(F)cc2CCC1C. The summed E-state index contributed by atoms with van der Waals surface area (Å²) in [5.41, 5.74) is 4.72. The summed E-state index contributed by atoms with van der Waals surface area (Å²) in [4.78, 5) is 22.3. The summed E-state index contributed by atoms with van der Waals surface area (Å²) in [5, 5.41) is 0. The molecular weight excluding hydrogens is 337 g/mol. The van der Waals surface area contributed by atoms with Crippen LogP contribution in [0.2, 0.25) is 0 Å². The van der Waals surface area contributed by atoms with Crippen molar-refractivity contribution in [1.82, 2.24) is 9.88 Å². The highest BCUT2D eigenvalue weighted by molar-refractivity contribution is 7.09. The van der Waals surface area contributed by atoms with Crippen molar-refractivity contribution in [1.29, 1.82) is 0 Å². The minimum Gasteiger partial charge on any atom is -0.308 e. The Hall–Kier alpha value is -1.79. The molecular formula is C19H24FN3OS. The maximum Gasteiger partial charge on any atom is 0.241 e. The van der Waals surface area contributed by atoms with Crippen molar-refractivity contribution < 1.29 is 9.18 Å². The number of likely N-dealkylation sites (N-methyl/N-ethyl adjacent to an activating group) is 1. The molecule has 0 N–H and O–H groups in total. The van der Waals surface area contributed by atoms with Gasteiger partial charge in [-0.15, -0.1) is 11.3 Å². The number of halogens is 1. The second-order valence-electron chi connectivity index (χ2n) is 6.77. The van der Waals surface area contributed by atoms with E-state index in [0.29, 0.717) is 6.54 Å². The van der Waals surface area contributed by atoms with Crippen LogP contribution in [0.4, 0.5) is 10.1 Å². The molecule has 0 bridgehead atoms. The Bertz CT molecular complexity index is 761. The highest BCUT2D eigenvalue weighted by Crippen LogP contribution is 2.31. The van der Waals surface area contributed by atoms with Gasteiger partial charge in [-0.25, -0.2) is 9.37 Å². The molecule has 1 unspecified atom stereocenters. The number of nitrogens with zero attached hydrogens (tertiary/aromatic N) is 3. The van der Waals surface area contributed by atoms with Crippen LogP contribution in [0.5, 0.6) is 0 Å². The van der Waals surface area contributed by atoms with E-state index in [-0.39, 0.29) is 17.8 Å². The van der Waals surface area contributed by atoms with Crippen LogP contribution < -0.4 is 4.90 Å². The number of aromatic nitrogens is 1. The molecule has 1 aliphatic heterocycles. The van der Waals surface area contributed by atoms with Crippen molar-refractivity contribution in [2.75, 3.05) is 25.0 Å². The number of benzene rings is 1. The number of carbonyl (C=O) groups excluding carboxylic acids is 1. The summed E-state index contributed by atoms with van der Waals surface area (Å²) in [5.74, 6) is -0.165. The molecule has 0 aliphatic carbocycles. The second kappa shape index (κ2) is 7.62. The highest BCUT2D eigenvalue weighted by Gasteiger charge is 2.28. The van der Waals surface area contributed by atoms with Gasteiger partial charge in [-0.1, -0.05) is 0 Å². The summed E-state index contributed by atoms with van der Waals surface area (Å²) in [6.45, 7) is 5.25. The second-order valence-corrected chi connectivity index (χ2v) is 7.71. The third kappa shape index (κ3) is 4.07. The van der Waals surface area contributed by atoms with Gasteiger partial charge in [-0.05, 0) is 63.9 Å². The Morgan fingerprint density at radius 2 is 2.28 bits per heavy atom. The average Bonchev–Trinajstić information content (AvgIpc) is 2.98. The number of hydrogen-bond acceptors (Lipinski definition) is 4. The van der Waals surface area contributed by atoms with Crippen LogP contribution in [-0.2, 0) is 17.6 Å². The number of anilines is 1. The van der Waals surface area contributed by atoms with Gasteiger partial charge in [0.2, 0.25) is 5.91 Å². The van der Waals surface area contributed by atoms with E-state index in [1.807, 2.05) is 29.3 Å². The fraction of sp³-hybridized carbons (Fsp3) is 0.474. The van der Waals surface area contributed by atoms with E-state index in [1.165, 1.54) is 10.9 Å². The van der Waals surface area contributed by atoms with Crippen molar-refractivity contribution in [2.45, 2.75) is 39.2 Å². The molecule has 0 spiro atoms. The number of hydrogen-bond donors (Lipinski definition) is 0. The van der Waals surface area contributed by atoms with Gasteiger partial charge in [-0.3, -0.25) is 9.69 Å². The Kier molecular flexibility index (Phi) is 5.49. The molecule has 0 radical (unpaired) electrons. The van der Waals surface area contributed by atoms with Crippen LogP contribution in [0.25, 0.3) is 0 Å². The molecule has 1 atom stereocenters. The van der Waals surface area contributed by atoms with E-state index in [0.717, 1.165) is 42.8 Å². The predicted molar refractivity (Wildman–Crippen MR) is 99.7 cm³/mol. The lowest BCUT2D eigenvalue weighted by Crippen LogP contribution is -2.46. The fourth-order valence-corrected chi connectivity index (χ4v) is 4.12. The first-order valence-corrected chi connectivity index (χ1v) is 9.51. The van der Waals surface area contributed by atoms with E-state index in [1.54, 1.807) is 23.5 Å². The smallest absolute Gasteiger partial charge is 0.241 e. The van der Waals surface area contributed by atoms with Gasteiger partial charge in [0.25, 0.3) is 0 Å². The number of amides is 1. The Labute approximate surface area is 152 Å². The molecule has 134 valence electrons. The van der Waals surface area contributed by atoms with Crippen LogP contribution in [0, 0.1) is 12.7 Å². The van der Waals surface area contributed by atoms with Gasteiger partial charge in [0.05, 0.1) is 17.7 Å². The number of carbonyl (C=O) groups is 1. The van der Waals surface area contributed by atoms with Crippen LogP contribution >= 0.6 is 11.3 Å². The normalized spacial score (nSPS) is 17.0. The molecule has 0 fully saturated rings. The molecule has 6 heteroatoms. The largest absolute Gasteiger partial charge is 0.308 e. The summed E-state index contributed by atoms with van der Waals surface area (Å²) >= 11 is 1.66. The lowest BCUT2D eigenvalue weighted by molar-refractivity contribution is -0.120. The zero-order chi connectivity index (χ0) is 18.0. The number of aryl methyl sites for hydroxylation is 2. The maximum absolute atomic E-state index is 13.5. The van der Waals surface area contributed by atoms with E-state index in [2.05, 4.69) is 11.9 Å². The number of thiazole rings is 1. The van der Waals surface area contributed by atoms with Crippen molar-refractivity contribution in [3.63, 3.8) is 0 Å². The van der Waals surface area contributed by atoms with Crippen molar-refractivity contribution >= 4 is 22.9 Å². The zero-order valence-electron chi connectivity index (χ0n) is 15.0. The van der Waals surface area contributed by atoms with Crippen LogP contribution in [0.1, 0.15) is 29.5 Å². The minimum atomic E-state index is -0.238. The first-order chi connectivity index (χ1) is 12.0. The molecule has 3 rings (SSSR count). The minimum absolute atomic E-state index is 0.0728. The van der Waals surface area contributed by atoms with E-state index < -0.39 is 0 Å². The van der Waals surface area contributed by atoms with Crippen LogP contribution in [0.3, 0.4) is 0 Å². The number of fused-ring (bicyclic) bond motifs is 1. The van der Waals surface area contributed by atoms with Crippen molar-refractivity contribution in [3.8, 4) is 0 Å². The average molecular weight is 361 g/mol. The maximum atomic E-state index is 13.5. The van der Waals surface area contributed by atoms with Gasteiger partial charge in [0.1, 0.15) is 5.82 Å². The molecule has 1 amide bonds. The molecule has 4 nitrogen and oxygen atoms in total. The topological polar surface area (TPSA) is 36.4 Å². The van der Waals surface area contributed by atoms with Crippen molar-refractivity contribution in [3.05, 3.63) is 45.7 Å². The molecule has 0 saturated heterocycles. The van der Waals surface area contributed by atoms with Gasteiger partial charge in [0.15, 0.2) is 0 Å². The molecule has 0 saturated carbocycles. The quantitative estimate of drug-likeness (QED) is 0.819. The predicted octanol–water partition coefficient (Wildman–Crippen LogP) is 3.43. The standard InChI is InChI=1S/C19H24FN3OS/c1-13-4-5-15-10-16(20)6-7-17(15)23(13)19(24)11-22(3)9-8-18-14(2)21-12-25-18/h6-7,10,12-13H,4-5,8-9,11H2,1-3H3. The van der Waals surface area contributed by atoms with E-state index >= 15 is 0 Å². The molecule has 25 heavy (non-hydrogen) atoms. The number of rotatable bonds is 5. The van der Waals surface area contributed by atoms with Crippen LogP contribution in [-0.4, -0.2) is 42.0 Å². The third-order valence-corrected chi connectivity index (χ3v) is 5.81. The molecule has 1 aromatic heterocycles. The van der Waals surface area contributed by atoms with Gasteiger partial charge >= 0.3 is 0 Å². The lowest BCUT2D eigenvalue weighted by Gasteiger charge is -2.36. The van der Waals surface area contributed by atoms with E-state index in [9.17, 15) is 9.18 Å². The lowest BCUT2D eigenvalue weighted by atomic mass is 9.96. The van der Waals surface area contributed by atoms with Gasteiger partial charge < -0.3 is 4.90 Å². The summed E-state index contributed by atoms with van der Waals surface area (Å²) in [6, 6.07) is 4.87. The zero-order valence-corrected chi connectivity index (χ0v) is 15.8. The summed E-state index contributed by atoms with van der Waals surface area (Å²) < 4.78 is 13.5. The molecule has 1 aromatic carbocycles. The Morgan fingerprint density at radius 1 is 1.48 bits per heavy atom. The first kappa shape index (κ1) is 18.0. The summed E-state index contributed by atoms with van der Waals surface area (Å²) in [7, 11) is 1.97. The van der Waals surface area contributed by atoms with Crippen LogP contribution in [0.15, 0.2) is 23.7 Å². The Balaban J connectivity index is 1.65.